The second kappa shape index (κ2) is 5.27. The summed E-state index contributed by atoms with van der Waals surface area (Å²) < 4.78 is 45.1. The summed E-state index contributed by atoms with van der Waals surface area (Å²) in [6.07, 6.45) is -4.65. The van der Waals surface area contributed by atoms with Crippen LogP contribution in [0.25, 0.3) is 0 Å². The van der Waals surface area contributed by atoms with Crippen LogP contribution in [0.5, 0.6) is 5.75 Å². The molecule has 0 amide bonds. The van der Waals surface area contributed by atoms with Gasteiger partial charge in [-0.1, -0.05) is 11.6 Å². The van der Waals surface area contributed by atoms with Crippen molar-refractivity contribution < 1.29 is 27.4 Å². The average molecular weight is 269 g/mol. The second-order valence-electron chi connectivity index (χ2n) is 2.99. The van der Waals surface area contributed by atoms with Gasteiger partial charge >= 0.3 is 12.1 Å². The zero-order chi connectivity index (χ0) is 13.1. The molecule has 0 aromatic heterocycles. The Hall–Kier alpha value is -1.43. The van der Waals surface area contributed by atoms with Gasteiger partial charge < -0.3 is 9.47 Å². The molecule has 7 heteroatoms. The molecule has 1 unspecified atom stereocenters. The maximum atomic E-state index is 12.1. The maximum Gasteiger partial charge on any atom is 0.440 e. The van der Waals surface area contributed by atoms with Crippen molar-refractivity contribution in [3.63, 3.8) is 0 Å². The van der Waals surface area contributed by atoms with E-state index in [0.29, 0.717) is 0 Å². The molecule has 0 saturated carbocycles. The quantitative estimate of drug-likeness (QED) is 0.624. The van der Waals surface area contributed by atoms with E-state index >= 15 is 0 Å². The molecule has 0 aliphatic carbocycles. The molecule has 1 aromatic carbocycles. The maximum absolute atomic E-state index is 12.1. The Morgan fingerprint density at radius 2 is 1.82 bits per heavy atom. The van der Waals surface area contributed by atoms with E-state index in [1.807, 2.05) is 0 Å². The van der Waals surface area contributed by atoms with E-state index in [-0.39, 0.29) is 11.3 Å². The van der Waals surface area contributed by atoms with E-state index in [1.54, 1.807) is 0 Å². The Balaban J connectivity index is 2.72. The second-order valence-corrected chi connectivity index (χ2v) is 3.39. The van der Waals surface area contributed by atoms with Gasteiger partial charge in [0, 0.05) is 0 Å². The van der Waals surface area contributed by atoms with E-state index in [2.05, 4.69) is 9.47 Å². The number of alkyl halides is 4. The third kappa shape index (κ3) is 3.81. The van der Waals surface area contributed by atoms with Crippen LogP contribution in [0.4, 0.5) is 13.2 Å². The van der Waals surface area contributed by atoms with Crippen LogP contribution in [0.15, 0.2) is 24.3 Å². The summed E-state index contributed by atoms with van der Waals surface area (Å²) in [4.78, 5) is 11.0. The highest BCUT2D eigenvalue weighted by Gasteiger charge is 2.40. The number of methoxy groups -OCH3 is 1. The van der Waals surface area contributed by atoms with E-state index < -0.39 is 17.7 Å². The molecule has 0 aliphatic heterocycles. The van der Waals surface area contributed by atoms with Gasteiger partial charge in [-0.25, -0.2) is 4.79 Å². The molecule has 3 nitrogen and oxygen atoms in total. The van der Waals surface area contributed by atoms with Crippen molar-refractivity contribution in [3.8, 4) is 5.75 Å². The van der Waals surface area contributed by atoms with Gasteiger partial charge in [0.25, 0.3) is 5.56 Å². The van der Waals surface area contributed by atoms with E-state index in [9.17, 15) is 18.0 Å². The largest absolute Gasteiger partial charge is 0.465 e. The molecule has 0 aliphatic rings. The fourth-order valence-electron chi connectivity index (χ4n) is 0.974. The monoisotopic (exact) mass is 268 g/mol. The summed E-state index contributed by atoms with van der Waals surface area (Å²) in [5, 5.41) is 0. The summed E-state index contributed by atoms with van der Waals surface area (Å²) in [6.45, 7) is 0. The lowest BCUT2D eigenvalue weighted by atomic mass is 10.2. The molecule has 0 bridgehead atoms. The molecule has 1 aromatic rings. The fourth-order valence-corrected chi connectivity index (χ4v) is 1.08. The molecule has 1 rings (SSSR count). The normalized spacial score (nSPS) is 13.0. The van der Waals surface area contributed by atoms with E-state index in [1.165, 1.54) is 31.4 Å². The number of benzene rings is 1. The Kier molecular flexibility index (Phi) is 4.22. The van der Waals surface area contributed by atoms with Crippen molar-refractivity contribution >= 4 is 17.6 Å². The van der Waals surface area contributed by atoms with Crippen LogP contribution >= 0.6 is 11.6 Å². The first-order valence-corrected chi connectivity index (χ1v) is 4.84. The summed E-state index contributed by atoms with van der Waals surface area (Å²) in [5.74, 6) is -0.676. The van der Waals surface area contributed by atoms with Gasteiger partial charge in [-0.05, 0) is 24.3 Å². The van der Waals surface area contributed by atoms with E-state index in [0.717, 1.165) is 0 Å². The summed E-state index contributed by atoms with van der Waals surface area (Å²) >= 11 is 4.98. The zero-order valence-electron chi connectivity index (χ0n) is 8.62. The van der Waals surface area contributed by atoms with Crippen molar-refractivity contribution in [1.82, 2.24) is 0 Å². The number of esters is 1. The number of halogens is 4. The summed E-state index contributed by atoms with van der Waals surface area (Å²) in [6, 6.07) is 4.96. The van der Waals surface area contributed by atoms with Crippen LogP contribution in [0.3, 0.4) is 0 Å². The molecule has 0 fully saturated rings. The molecular weight excluding hydrogens is 261 g/mol. The highest BCUT2D eigenvalue weighted by Crippen LogP contribution is 2.27. The predicted octanol–water partition coefficient (Wildman–Crippen LogP) is 2.98. The zero-order valence-corrected chi connectivity index (χ0v) is 9.38. The lowest BCUT2D eigenvalue weighted by Gasteiger charge is -2.15. The highest BCUT2D eigenvalue weighted by atomic mass is 35.5. The van der Waals surface area contributed by atoms with Crippen LogP contribution in [0.1, 0.15) is 10.4 Å². The number of hydrogen-bond donors (Lipinski definition) is 0. The van der Waals surface area contributed by atoms with Gasteiger partial charge in [0.15, 0.2) is 0 Å². The molecule has 1 atom stereocenters. The number of carbonyl (C=O) groups excluding carboxylic acids is 1. The minimum absolute atomic E-state index is 0.0880. The van der Waals surface area contributed by atoms with Crippen LogP contribution in [-0.2, 0) is 4.74 Å². The van der Waals surface area contributed by atoms with Crippen molar-refractivity contribution in [1.29, 1.82) is 0 Å². The molecule has 0 spiro atoms. The SMILES string of the molecule is COC(=O)c1ccc(OC(Cl)C(F)(F)F)cc1. The third-order valence-corrected chi connectivity index (χ3v) is 2.11. The van der Waals surface area contributed by atoms with Gasteiger partial charge in [-0.15, -0.1) is 0 Å². The van der Waals surface area contributed by atoms with Gasteiger partial charge in [0.2, 0.25) is 0 Å². The first kappa shape index (κ1) is 13.6. The minimum Gasteiger partial charge on any atom is -0.465 e. The Morgan fingerprint density at radius 3 is 2.24 bits per heavy atom. The lowest BCUT2D eigenvalue weighted by Crippen LogP contribution is -2.28. The molecule has 0 N–H and O–H groups in total. The fraction of sp³-hybridized carbons (Fsp3) is 0.300. The molecule has 94 valence electrons. The van der Waals surface area contributed by atoms with Crippen LogP contribution in [0, 0.1) is 0 Å². The van der Waals surface area contributed by atoms with Crippen molar-refractivity contribution in [2.45, 2.75) is 11.7 Å². The van der Waals surface area contributed by atoms with Crippen molar-refractivity contribution in [2.24, 2.45) is 0 Å². The number of carbonyl (C=O) groups is 1. The van der Waals surface area contributed by atoms with E-state index in [4.69, 9.17) is 11.6 Å². The minimum atomic E-state index is -4.65. The highest BCUT2D eigenvalue weighted by molar-refractivity contribution is 6.20. The number of rotatable bonds is 3. The van der Waals surface area contributed by atoms with Crippen LogP contribution in [-0.4, -0.2) is 24.8 Å². The smallest absolute Gasteiger partial charge is 0.440 e. The standard InChI is InChI=1S/C10H8ClF3O3/c1-16-8(15)6-2-4-7(5-3-6)17-9(11)10(12,13)14/h2-5,9H,1H3. The first-order valence-electron chi connectivity index (χ1n) is 4.40. The topological polar surface area (TPSA) is 35.5 Å². The molecule has 17 heavy (non-hydrogen) atoms. The molecular formula is C10H8ClF3O3. The molecule has 0 radical (unpaired) electrons. The third-order valence-electron chi connectivity index (χ3n) is 1.77. The van der Waals surface area contributed by atoms with Crippen molar-refractivity contribution in [3.05, 3.63) is 29.8 Å². The predicted molar refractivity (Wildman–Crippen MR) is 54.1 cm³/mol. The Bertz CT molecular complexity index is 389. The summed E-state index contributed by atoms with van der Waals surface area (Å²) in [5.41, 5.74) is -2.22. The van der Waals surface area contributed by atoms with Gasteiger partial charge in [0.1, 0.15) is 5.75 Å². The Morgan fingerprint density at radius 1 is 1.29 bits per heavy atom. The Labute approximate surface area is 100 Å². The van der Waals surface area contributed by atoms with Crippen LogP contribution in [0.2, 0.25) is 0 Å². The average Bonchev–Trinajstić information content (AvgIpc) is 2.27. The summed E-state index contributed by atoms with van der Waals surface area (Å²) in [7, 11) is 1.20. The lowest BCUT2D eigenvalue weighted by molar-refractivity contribution is -0.169. The van der Waals surface area contributed by atoms with Crippen LogP contribution < -0.4 is 4.74 Å². The molecule has 0 saturated heterocycles. The van der Waals surface area contributed by atoms with Gasteiger partial charge in [-0.3, -0.25) is 0 Å². The van der Waals surface area contributed by atoms with Gasteiger partial charge in [0.05, 0.1) is 12.7 Å². The molecule has 0 heterocycles. The number of ether oxygens (including phenoxy) is 2. The first-order chi connectivity index (χ1) is 7.84. The van der Waals surface area contributed by atoms with Gasteiger partial charge in [-0.2, -0.15) is 13.2 Å². The number of hydrogen-bond acceptors (Lipinski definition) is 3. The van der Waals surface area contributed by atoms with Crippen molar-refractivity contribution in [2.75, 3.05) is 7.11 Å².